The third-order valence-electron chi connectivity index (χ3n) is 3.57. The van der Waals surface area contributed by atoms with Gasteiger partial charge in [-0.2, -0.15) is 0 Å². The number of amides is 1. The molecule has 0 heterocycles. The Morgan fingerprint density at radius 3 is 2.55 bits per heavy atom. The summed E-state index contributed by atoms with van der Waals surface area (Å²) in [7, 11) is 0. The summed E-state index contributed by atoms with van der Waals surface area (Å²) in [5, 5.41) is 11.8. The summed E-state index contributed by atoms with van der Waals surface area (Å²) in [5.74, 6) is -1.24. The van der Waals surface area contributed by atoms with Gasteiger partial charge in [0.25, 0.3) is 0 Å². The molecule has 0 spiro atoms. The molecule has 0 unspecified atom stereocenters. The fourth-order valence-corrected chi connectivity index (χ4v) is 2.38. The van der Waals surface area contributed by atoms with E-state index in [1.54, 1.807) is 0 Å². The molecule has 0 aliphatic heterocycles. The first kappa shape index (κ1) is 16.7. The van der Waals surface area contributed by atoms with Crippen LogP contribution in [-0.4, -0.2) is 41.3 Å². The summed E-state index contributed by atoms with van der Waals surface area (Å²) < 4.78 is 5.91. The predicted octanol–water partition coefficient (Wildman–Crippen LogP) is 0.807. The third kappa shape index (κ3) is 4.31. The quantitative estimate of drug-likeness (QED) is 0.670. The molecule has 0 radical (unpaired) electrons. The minimum Gasteiger partial charge on any atom is -0.478 e. The maximum absolute atomic E-state index is 11.2. The summed E-state index contributed by atoms with van der Waals surface area (Å²) in [6, 6.07) is -0.950. The van der Waals surface area contributed by atoms with E-state index in [1.807, 2.05) is 13.8 Å². The highest BCUT2D eigenvalue weighted by Crippen LogP contribution is 2.23. The standard InChI is InChI=1S/C14H24N2O4/c1-4-10(5-2)20-12-7-9(14(18)19)6-11(13(12)15)16-8(3)17/h6,10-13H,4-5,7,15H2,1-3H3,(H,16,17)(H,18,19)/t11-,12+,13+/m0/s1. The molecule has 1 amide bonds. The van der Waals surface area contributed by atoms with Gasteiger partial charge in [-0.15, -0.1) is 0 Å². The number of ether oxygens (including phenoxy) is 1. The number of aliphatic carboxylic acids is 1. The molecular formula is C14H24N2O4. The van der Waals surface area contributed by atoms with Crippen LogP contribution in [-0.2, 0) is 14.3 Å². The zero-order valence-electron chi connectivity index (χ0n) is 12.3. The summed E-state index contributed by atoms with van der Waals surface area (Å²) in [4.78, 5) is 22.4. The van der Waals surface area contributed by atoms with Crippen molar-refractivity contribution in [1.82, 2.24) is 5.32 Å². The maximum atomic E-state index is 11.2. The average Bonchev–Trinajstić information content (AvgIpc) is 2.38. The molecule has 6 nitrogen and oxygen atoms in total. The van der Waals surface area contributed by atoms with E-state index in [1.165, 1.54) is 13.0 Å². The minimum atomic E-state index is -0.995. The topological polar surface area (TPSA) is 102 Å². The lowest BCUT2D eigenvalue weighted by Crippen LogP contribution is -2.56. The van der Waals surface area contributed by atoms with Crippen molar-refractivity contribution in [3.8, 4) is 0 Å². The maximum Gasteiger partial charge on any atom is 0.331 e. The number of carbonyl (C=O) groups excluding carboxylic acids is 1. The molecule has 0 aromatic carbocycles. The molecule has 20 heavy (non-hydrogen) atoms. The number of nitrogens with one attached hydrogen (secondary N) is 1. The van der Waals surface area contributed by atoms with Gasteiger partial charge in [0.15, 0.2) is 0 Å². The molecule has 0 saturated carbocycles. The van der Waals surface area contributed by atoms with Crippen molar-refractivity contribution in [1.29, 1.82) is 0 Å². The molecule has 0 aromatic heterocycles. The molecule has 1 aliphatic rings. The van der Waals surface area contributed by atoms with Crippen LogP contribution in [0.2, 0.25) is 0 Å². The van der Waals surface area contributed by atoms with Crippen molar-refractivity contribution < 1.29 is 19.4 Å². The molecule has 114 valence electrons. The van der Waals surface area contributed by atoms with Crippen LogP contribution in [0.1, 0.15) is 40.0 Å². The van der Waals surface area contributed by atoms with Crippen LogP contribution >= 0.6 is 0 Å². The van der Waals surface area contributed by atoms with Crippen molar-refractivity contribution >= 4 is 11.9 Å². The second-order valence-electron chi connectivity index (χ2n) is 5.12. The Morgan fingerprint density at radius 2 is 2.10 bits per heavy atom. The lowest BCUT2D eigenvalue weighted by molar-refractivity contribution is -0.134. The zero-order valence-corrected chi connectivity index (χ0v) is 12.3. The number of carbonyl (C=O) groups is 2. The monoisotopic (exact) mass is 284 g/mol. The first-order valence-corrected chi connectivity index (χ1v) is 7.01. The van der Waals surface area contributed by atoms with Crippen molar-refractivity contribution in [3.05, 3.63) is 11.6 Å². The second-order valence-corrected chi connectivity index (χ2v) is 5.12. The Labute approximate surface area is 119 Å². The van der Waals surface area contributed by atoms with Crippen LogP contribution < -0.4 is 11.1 Å². The number of carboxylic acid groups (broad SMARTS) is 1. The van der Waals surface area contributed by atoms with Crippen molar-refractivity contribution in [2.75, 3.05) is 0 Å². The van der Waals surface area contributed by atoms with Crippen molar-refractivity contribution in [2.24, 2.45) is 5.73 Å². The Balaban J connectivity index is 2.89. The summed E-state index contributed by atoms with van der Waals surface area (Å²) in [5.41, 5.74) is 6.35. The molecule has 1 rings (SSSR count). The van der Waals surface area contributed by atoms with Crippen LogP contribution in [0.15, 0.2) is 11.6 Å². The van der Waals surface area contributed by atoms with E-state index in [9.17, 15) is 9.59 Å². The van der Waals surface area contributed by atoms with Gasteiger partial charge in [0, 0.05) is 18.9 Å². The zero-order chi connectivity index (χ0) is 15.3. The molecule has 6 heteroatoms. The molecule has 0 saturated heterocycles. The highest BCUT2D eigenvalue weighted by atomic mass is 16.5. The highest BCUT2D eigenvalue weighted by Gasteiger charge is 2.34. The molecule has 0 aromatic rings. The van der Waals surface area contributed by atoms with Gasteiger partial charge in [-0.25, -0.2) is 4.79 Å². The van der Waals surface area contributed by atoms with Gasteiger partial charge >= 0.3 is 5.97 Å². The Bertz CT molecular complexity index is 391. The third-order valence-corrected chi connectivity index (χ3v) is 3.57. The van der Waals surface area contributed by atoms with E-state index in [2.05, 4.69) is 5.32 Å². The smallest absolute Gasteiger partial charge is 0.331 e. The lowest BCUT2D eigenvalue weighted by atomic mass is 9.88. The van der Waals surface area contributed by atoms with Crippen LogP contribution in [0, 0.1) is 0 Å². The average molecular weight is 284 g/mol. The van der Waals surface area contributed by atoms with E-state index in [4.69, 9.17) is 15.6 Å². The van der Waals surface area contributed by atoms with Crippen LogP contribution in [0.4, 0.5) is 0 Å². The first-order chi connectivity index (χ1) is 9.38. The number of rotatable bonds is 6. The molecule has 3 atom stereocenters. The summed E-state index contributed by atoms with van der Waals surface area (Å²) in [6.45, 7) is 5.41. The van der Waals surface area contributed by atoms with E-state index in [0.29, 0.717) is 0 Å². The van der Waals surface area contributed by atoms with Gasteiger partial charge in [-0.1, -0.05) is 19.9 Å². The van der Waals surface area contributed by atoms with E-state index >= 15 is 0 Å². The number of hydrogen-bond donors (Lipinski definition) is 3. The SMILES string of the molecule is CCC(CC)O[C@@H]1CC(C(=O)O)=C[C@H](NC(C)=O)[C@H]1N. The van der Waals surface area contributed by atoms with Gasteiger partial charge in [-0.05, 0) is 12.8 Å². The summed E-state index contributed by atoms with van der Waals surface area (Å²) >= 11 is 0. The molecular weight excluding hydrogens is 260 g/mol. The fraction of sp³-hybridized carbons (Fsp3) is 0.714. The number of hydrogen-bond acceptors (Lipinski definition) is 4. The number of carboxylic acids is 1. The minimum absolute atomic E-state index is 0.0529. The van der Waals surface area contributed by atoms with E-state index < -0.39 is 24.2 Å². The molecule has 0 bridgehead atoms. The Kier molecular flexibility index (Phi) is 6.16. The van der Waals surface area contributed by atoms with Crippen molar-refractivity contribution in [3.63, 3.8) is 0 Å². The summed E-state index contributed by atoms with van der Waals surface area (Å²) in [6.07, 6.45) is 3.13. The van der Waals surface area contributed by atoms with Crippen LogP contribution in [0.5, 0.6) is 0 Å². The predicted molar refractivity (Wildman–Crippen MR) is 75.2 cm³/mol. The van der Waals surface area contributed by atoms with Gasteiger partial charge < -0.3 is 20.9 Å². The van der Waals surface area contributed by atoms with Gasteiger partial charge in [0.05, 0.1) is 24.3 Å². The Morgan fingerprint density at radius 1 is 1.50 bits per heavy atom. The van der Waals surface area contributed by atoms with Gasteiger partial charge in [-0.3, -0.25) is 4.79 Å². The molecule has 0 fully saturated rings. The molecule has 4 N–H and O–H groups in total. The van der Waals surface area contributed by atoms with Crippen LogP contribution in [0.3, 0.4) is 0 Å². The fourth-order valence-electron chi connectivity index (χ4n) is 2.38. The van der Waals surface area contributed by atoms with E-state index in [-0.39, 0.29) is 24.0 Å². The van der Waals surface area contributed by atoms with Crippen molar-refractivity contribution in [2.45, 2.75) is 64.3 Å². The first-order valence-electron chi connectivity index (χ1n) is 7.01. The number of nitrogens with two attached hydrogens (primary N) is 1. The van der Waals surface area contributed by atoms with Crippen LogP contribution in [0.25, 0.3) is 0 Å². The Hall–Kier alpha value is -1.40. The largest absolute Gasteiger partial charge is 0.478 e. The normalized spacial score (nSPS) is 26.2. The second kappa shape index (κ2) is 7.40. The van der Waals surface area contributed by atoms with E-state index in [0.717, 1.165) is 12.8 Å². The van der Waals surface area contributed by atoms with Gasteiger partial charge in [0.1, 0.15) is 0 Å². The molecule has 1 aliphatic carbocycles. The highest BCUT2D eigenvalue weighted by molar-refractivity contribution is 5.87. The van der Waals surface area contributed by atoms with Gasteiger partial charge in [0.2, 0.25) is 5.91 Å². The lowest BCUT2D eigenvalue weighted by Gasteiger charge is -2.36.